The number of ether oxygens (including phenoxy) is 1. The van der Waals surface area contributed by atoms with Crippen molar-refractivity contribution in [1.82, 2.24) is 19.9 Å². The summed E-state index contributed by atoms with van der Waals surface area (Å²) < 4.78 is 6.05. The lowest BCUT2D eigenvalue weighted by atomic mass is 10.0. The van der Waals surface area contributed by atoms with E-state index in [1.54, 1.807) is 11.1 Å². The summed E-state index contributed by atoms with van der Waals surface area (Å²) >= 11 is 6.37. The summed E-state index contributed by atoms with van der Waals surface area (Å²) in [5, 5.41) is 6.99. The Morgan fingerprint density at radius 3 is 2.59 bits per heavy atom. The molecule has 2 aromatic heterocycles. The van der Waals surface area contributed by atoms with Crippen LogP contribution in [0.3, 0.4) is 0 Å². The predicted molar refractivity (Wildman–Crippen MR) is 152 cm³/mol. The van der Waals surface area contributed by atoms with Crippen molar-refractivity contribution in [3.8, 4) is 16.9 Å². The van der Waals surface area contributed by atoms with Gasteiger partial charge in [0.25, 0.3) is 0 Å². The van der Waals surface area contributed by atoms with Crippen LogP contribution in [-0.2, 0) is 6.42 Å². The standard InChI is InChI=1S/C28H27ClN8O2/c29-24-17-32-28-34-22-13-18(6-11-39-23-3-1-2-21(15-23)33-26(24)35-28)12-20(14-22)19-4-5-25(31-16-19)36-7-9-37(10-8-36)27(30)38/h1-5,12-17H,6-11H2,(H2,30,38)(H2,32,33,34,35). The van der Waals surface area contributed by atoms with Gasteiger partial charge in [-0.3, -0.25) is 0 Å². The third-order valence-electron chi connectivity index (χ3n) is 6.75. The molecule has 1 saturated heterocycles. The summed E-state index contributed by atoms with van der Waals surface area (Å²) in [5.74, 6) is 2.56. The Morgan fingerprint density at radius 2 is 1.79 bits per heavy atom. The maximum Gasteiger partial charge on any atom is 0.314 e. The van der Waals surface area contributed by atoms with E-state index in [0.717, 1.165) is 39.6 Å². The molecule has 10 nitrogen and oxygen atoms in total. The minimum Gasteiger partial charge on any atom is -0.493 e. The number of pyridine rings is 1. The number of urea groups is 1. The number of rotatable bonds is 2. The van der Waals surface area contributed by atoms with E-state index < -0.39 is 0 Å². The van der Waals surface area contributed by atoms with E-state index in [9.17, 15) is 4.79 Å². The number of amides is 2. The maximum atomic E-state index is 11.4. The van der Waals surface area contributed by atoms with E-state index >= 15 is 0 Å². The lowest BCUT2D eigenvalue weighted by Crippen LogP contribution is -2.50. The molecule has 1 fully saturated rings. The lowest BCUT2D eigenvalue weighted by Gasteiger charge is -2.34. The van der Waals surface area contributed by atoms with Crippen LogP contribution < -0.4 is 26.0 Å². The molecule has 0 unspecified atom stereocenters. The first kappa shape index (κ1) is 24.7. The molecule has 11 heteroatoms. The normalized spacial score (nSPS) is 14.9. The first-order valence-electron chi connectivity index (χ1n) is 12.7. The summed E-state index contributed by atoms with van der Waals surface area (Å²) in [6.07, 6.45) is 4.16. The summed E-state index contributed by atoms with van der Waals surface area (Å²) in [5.41, 5.74) is 10.2. The van der Waals surface area contributed by atoms with Crippen LogP contribution in [0.15, 0.2) is 67.0 Å². The second-order valence-corrected chi connectivity index (χ2v) is 9.81. The average Bonchev–Trinajstić information content (AvgIpc) is 2.95. The van der Waals surface area contributed by atoms with E-state index in [1.165, 1.54) is 0 Å². The van der Waals surface area contributed by atoms with Gasteiger partial charge in [-0.05, 0) is 47.5 Å². The van der Waals surface area contributed by atoms with Gasteiger partial charge in [0.05, 0.1) is 12.8 Å². The second kappa shape index (κ2) is 10.7. The fraction of sp³-hybridized carbons (Fsp3) is 0.214. The number of hydrogen-bond acceptors (Lipinski definition) is 8. The SMILES string of the molecule is NC(=O)N1CCN(c2ccc(-c3cc4cc(c3)Nc3ncc(Cl)c(n3)Nc3cccc(c3)OCC4)cn2)CC1. The Hall–Kier alpha value is -4.57. The minimum atomic E-state index is -0.380. The molecule has 39 heavy (non-hydrogen) atoms. The molecule has 0 spiro atoms. The van der Waals surface area contributed by atoms with Crippen molar-refractivity contribution in [3.05, 3.63) is 77.6 Å². The molecule has 198 valence electrons. The number of nitrogens with one attached hydrogen (secondary N) is 2. The van der Waals surface area contributed by atoms with Crippen molar-refractivity contribution >= 4 is 46.6 Å². The van der Waals surface area contributed by atoms with Gasteiger partial charge in [0.2, 0.25) is 5.95 Å². The average molecular weight is 543 g/mol. The third-order valence-corrected chi connectivity index (χ3v) is 7.02. The zero-order valence-electron chi connectivity index (χ0n) is 21.1. The van der Waals surface area contributed by atoms with E-state index in [4.69, 9.17) is 27.1 Å². The molecule has 6 bridgehead atoms. The van der Waals surface area contributed by atoms with Gasteiger partial charge in [-0.1, -0.05) is 23.7 Å². The number of carbonyl (C=O) groups is 1. The molecular weight excluding hydrogens is 516 g/mol. The number of piperazine rings is 1. The van der Waals surface area contributed by atoms with Crippen LogP contribution in [-0.4, -0.2) is 58.7 Å². The summed E-state index contributed by atoms with van der Waals surface area (Å²) in [6.45, 7) is 3.08. The Morgan fingerprint density at radius 1 is 0.923 bits per heavy atom. The van der Waals surface area contributed by atoms with Crippen molar-refractivity contribution < 1.29 is 9.53 Å². The summed E-state index contributed by atoms with van der Waals surface area (Å²) in [7, 11) is 0. The van der Waals surface area contributed by atoms with Gasteiger partial charge in [-0.2, -0.15) is 4.98 Å². The number of nitrogens with two attached hydrogens (primary N) is 1. The zero-order chi connectivity index (χ0) is 26.8. The Bertz CT molecular complexity index is 1510. The van der Waals surface area contributed by atoms with E-state index in [2.05, 4.69) is 43.7 Å². The lowest BCUT2D eigenvalue weighted by molar-refractivity contribution is 0.204. The molecule has 2 amide bonds. The van der Waals surface area contributed by atoms with Crippen LogP contribution in [0.2, 0.25) is 5.02 Å². The number of fused-ring (bicyclic) bond motifs is 6. The minimum absolute atomic E-state index is 0.380. The summed E-state index contributed by atoms with van der Waals surface area (Å²) in [6, 6.07) is 17.7. The van der Waals surface area contributed by atoms with Crippen LogP contribution in [0.4, 0.5) is 33.8 Å². The molecule has 4 N–H and O–H groups in total. The van der Waals surface area contributed by atoms with Crippen LogP contribution >= 0.6 is 11.6 Å². The first-order chi connectivity index (χ1) is 19.0. The van der Waals surface area contributed by atoms with Crippen molar-refractivity contribution in [3.63, 3.8) is 0 Å². The quantitative estimate of drug-likeness (QED) is 0.330. The van der Waals surface area contributed by atoms with Gasteiger partial charge in [-0.15, -0.1) is 0 Å². The predicted octanol–water partition coefficient (Wildman–Crippen LogP) is 4.81. The third kappa shape index (κ3) is 5.65. The molecule has 4 aromatic rings. The van der Waals surface area contributed by atoms with Crippen molar-refractivity contribution in [2.24, 2.45) is 5.73 Å². The van der Waals surface area contributed by atoms with Gasteiger partial charge >= 0.3 is 6.03 Å². The number of benzene rings is 2. The molecule has 4 heterocycles. The highest BCUT2D eigenvalue weighted by Gasteiger charge is 2.20. The number of carbonyl (C=O) groups excluding carboxylic acids is 1. The van der Waals surface area contributed by atoms with Crippen LogP contribution in [0.25, 0.3) is 11.1 Å². The van der Waals surface area contributed by atoms with Crippen molar-refractivity contribution in [1.29, 1.82) is 0 Å². The fourth-order valence-corrected chi connectivity index (χ4v) is 4.84. The van der Waals surface area contributed by atoms with Crippen LogP contribution in [0, 0.1) is 0 Å². The second-order valence-electron chi connectivity index (χ2n) is 9.40. The smallest absolute Gasteiger partial charge is 0.314 e. The number of primary amides is 1. The highest BCUT2D eigenvalue weighted by atomic mass is 35.5. The van der Waals surface area contributed by atoms with Crippen LogP contribution in [0.5, 0.6) is 5.75 Å². The van der Waals surface area contributed by atoms with Gasteiger partial charge < -0.3 is 30.9 Å². The highest BCUT2D eigenvalue weighted by molar-refractivity contribution is 6.32. The van der Waals surface area contributed by atoms with Crippen molar-refractivity contribution in [2.45, 2.75) is 6.42 Å². The zero-order valence-corrected chi connectivity index (χ0v) is 21.9. The van der Waals surface area contributed by atoms with E-state index in [0.29, 0.717) is 56.0 Å². The Kier molecular flexibility index (Phi) is 6.76. The topological polar surface area (TPSA) is 122 Å². The van der Waals surface area contributed by atoms with Gasteiger partial charge in [0.1, 0.15) is 16.6 Å². The molecular formula is C28H27ClN8O2. The monoisotopic (exact) mass is 542 g/mol. The molecule has 0 aliphatic carbocycles. The van der Waals surface area contributed by atoms with Gasteiger partial charge in [0.15, 0.2) is 5.82 Å². The van der Waals surface area contributed by atoms with E-state index in [1.807, 2.05) is 42.6 Å². The molecule has 2 aliphatic rings. The summed E-state index contributed by atoms with van der Waals surface area (Å²) in [4.78, 5) is 28.9. The highest BCUT2D eigenvalue weighted by Crippen LogP contribution is 2.30. The molecule has 2 aliphatic heterocycles. The van der Waals surface area contributed by atoms with Gasteiger partial charge in [-0.25, -0.2) is 14.8 Å². The first-order valence-corrected chi connectivity index (χ1v) is 13.1. The Balaban J connectivity index is 1.28. The molecule has 0 atom stereocenters. The molecule has 0 saturated carbocycles. The number of halogens is 1. The van der Waals surface area contributed by atoms with Crippen LogP contribution in [0.1, 0.15) is 5.56 Å². The Labute approximate surface area is 230 Å². The maximum absolute atomic E-state index is 11.4. The largest absolute Gasteiger partial charge is 0.493 e. The number of aromatic nitrogens is 3. The molecule has 0 radical (unpaired) electrons. The number of nitrogens with zero attached hydrogens (tertiary/aromatic N) is 5. The van der Waals surface area contributed by atoms with Crippen molar-refractivity contribution in [2.75, 3.05) is 48.3 Å². The van der Waals surface area contributed by atoms with E-state index in [-0.39, 0.29) is 6.03 Å². The number of anilines is 5. The molecule has 6 rings (SSSR count). The molecule has 2 aromatic carbocycles. The fourth-order valence-electron chi connectivity index (χ4n) is 4.71. The number of hydrogen-bond donors (Lipinski definition) is 3. The van der Waals surface area contributed by atoms with Gasteiger partial charge in [0, 0.05) is 61.8 Å².